The molecule has 0 fully saturated rings. The maximum absolute atomic E-state index is 13.1. The largest absolute Gasteiger partial charge is 0.507 e. The molecule has 0 heterocycles. The number of halogens is 2. The Labute approximate surface area is 86.2 Å². The fraction of sp³-hybridized carbons (Fsp3) is 0.400. The first-order valence-electron chi connectivity index (χ1n) is 4.43. The van der Waals surface area contributed by atoms with Crippen LogP contribution in [0.15, 0.2) is 18.2 Å². The van der Waals surface area contributed by atoms with E-state index in [0.717, 1.165) is 0 Å². The lowest BCUT2D eigenvalue weighted by atomic mass is 9.99. The molecule has 0 saturated carbocycles. The number of nitrogens with two attached hydrogens (primary N) is 1. The molecular weight excluding hydrogens is 204 g/mol. The number of phenols is 1. The van der Waals surface area contributed by atoms with E-state index in [0.29, 0.717) is 5.56 Å². The van der Waals surface area contributed by atoms with Gasteiger partial charge in [0.25, 0.3) is 5.92 Å². The summed E-state index contributed by atoms with van der Waals surface area (Å²) in [7, 11) is 0. The first-order valence-corrected chi connectivity index (χ1v) is 4.43. The zero-order valence-corrected chi connectivity index (χ0v) is 8.24. The van der Waals surface area contributed by atoms with Crippen LogP contribution < -0.4 is 5.73 Å². The Balaban J connectivity index is 3.12. The van der Waals surface area contributed by atoms with Crippen LogP contribution in [0, 0.1) is 6.92 Å². The highest BCUT2D eigenvalue weighted by atomic mass is 19.3. The van der Waals surface area contributed by atoms with Crippen molar-refractivity contribution >= 4 is 0 Å². The molecule has 0 amide bonds. The summed E-state index contributed by atoms with van der Waals surface area (Å²) in [6.45, 7) is 0.240. The summed E-state index contributed by atoms with van der Waals surface area (Å²) in [5, 5.41) is 18.0. The van der Waals surface area contributed by atoms with Crippen molar-refractivity contribution in [2.45, 2.75) is 18.9 Å². The first kappa shape index (κ1) is 11.9. The molecule has 0 spiro atoms. The Morgan fingerprint density at radius 3 is 2.60 bits per heavy atom. The minimum atomic E-state index is -3.44. The second kappa shape index (κ2) is 4.12. The van der Waals surface area contributed by atoms with E-state index < -0.39 is 18.6 Å². The molecule has 0 bridgehead atoms. The third kappa shape index (κ3) is 2.24. The normalized spacial score (nSPS) is 13.9. The van der Waals surface area contributed by atoms with Gasteiger partial charge in [-0.3, -0.25) is 0 Å². The Hall–Kier alpha value is -1.20. The van der Waals surface area contributed by atoms with E-state index in [2.05, 4.69) is 0 Å². The van der Waals surface area contributed by atoms with Crippen LogP contribution in [0.25, 0.3) is 0 Å². The number of alkyl halides is 2. The van der Waals surface area contributed by atoms with Gasteiger partial charge in [-0.05, 0) is 12.5 Å². The quantitative estimate of drug-likeness (QED) is 0.715. The molecule has 0 aliphatic heterocycles. The molecule has 4 N–H and O–H groups in total. The van der Waals surface area contributed by atoms with Gasteiger partial charge in [-0.25, -0.2) is 8.78 Å². The SMILES string of the molecule is Cc1cccc([C@@H](N)C(F)(F)CO)c1O. The monoisotopic (exact) mass is 217 g/mol. The standard InChI is InChI=1S/C10H13F2NO2/c1-6-3-2-4-7(8(6)15)9(13)10(11,12)5-14/h2-4,9,14-15H,5,13H2,1H3/t9-/m1/s1. The lowest BCUT2D eigenvalue weighted by Gasteiger charge is -2.22. The van der Waals surface area contributed by atoms with E-state index in [1.54, 1.807) is 13.0 Å². The second-order valence-electron chi connectivity index (χ2n) is 3.41. The van der Waals surface area contributed by atoms with Crippen LogP contribution in [0.4, 0.5) is 8.78 Å². The minimum absolute atomic E-state index is 0.0611. The number of aryl methyl sites for hydroxylation is 1. The predicted molar refractivity (Wildman–Crippen MR) is 51.8 cm³/mol. The molecule has 15 heavy (non-hydrogen) atoms. The number of rotatable bonds is 3. The molecule has 0 radical (unpaired) electrons. The zero-order valence-electron chi connectivity index (χ0n) is 8.24. The number of benzene rings is 1. The number of aliphatic hydroxyl groups excluding tert-OH is 1. The van der Waals surface area contributed by atoms with Gasteiger partial charge in [0.05, 0.1) is 0 Å². The topological polar surface area (TPSA) is 66.5 Å². The molecule has 0 saturated heterocycles. The Morgan fingerprint density at radius 2 is 2.07 bits per heavy atom. The van der Waals surface area contributed by atoms with Crippen LogP contribution in [0.2, 0.25) is 0 Å². The summed E-state index contributed by atoms with van der Waals surface area (Å²) in [6, 6.07) is 2.72. The highest BCUT2D eigenvalue weighted by Crippen LogP contribution is 2.34. The van der Waals surface area contributed by atoms with E-state index in [1.807, 2.05) is 0 Å². The summed E-state index contributed by atoms with van der Waals surface area (Å²) >= 11 is 0. The van der Waals surface area contributed by atoms with Crippen molar-refractivity contribution in [3.8, 4) is 5.75 Å². The lowest BCUT2D eigenvalue weighted by Crippen LogP contribution is -2.36. The Kier molecular flexibility index (Phi) is 3.26. The van der Waals surface area contributed by atoms with Gasteiger partial charge in [0.2, 0.25) is 0 Å². The number of para-hydroxylation sites is 1. The van der Waals surface area contributed by atoms with E-state index in [9.17, 15) is 13.9 Å². The average Bonchev–Trinajstić information content (AvgIpc) is 2.21. The number of hydrogen-bond donors (Lipinski definition) is 3. The van der Waals surface area contributed by atoms with Crippen molar-refractivity contribution in [1.29, 1.82) is 0 Å². The molecule has 0 aromatic heterocycles. The molecule has 1 atom stereocenters. The third-order valence-corrected chi connectivity index (χ3v) is 2.27. The van der Waals surface area contributed by atoms with Crippen LogP contribution in [-0.4, -0.2) is 22.7 Å². The van der Waals surface area contributed by atoms with Crippen LogP contribution in [0.3, 0.4) is 0 Å². The lowest BCUT2D eigenvalue weighted by molar-refractivity contribution is -0.0716. The van der Waals surface area contributed by atoms with E-state index in [4.69, 9.17) is 10.8 Å². The van der Waals surface area contributed by atoms with Crippen LogP contribution in [0.1, 0.15) is 17.2 Å². The van der Waals surface area contributed by atoms with Gasteiger partial charge in [0.1, 0.15) is 18.4 Å². The van der Waals surface area contributed by atoms with E-state index in [1.165, 1.54) is 12.1 Å². The van der Waals surface area contributed by atoms with Gasteiger partial charge < -0.3 is 15.9 Å². The minimum Gasteiger partial charge on any atom is -0.507 e. The van der Waals surface area contributed by atoms with Gasteiger partial charge in [0.15, 0.2) is 0 Å². The molecule has 1 aromatic rings. The Morgan fingerprint density at radius 1 is 1.47 bits per heavy atom. The van der Waals surface area contributed by atoms with Crippen molar-refractivity contribution in [3.63, 3.8) is 0 Å². The number of aromatic hydroxyl groups is 1. The zero-order chi connectivity index (χ0) is 11.6. The molecule has 3 nitrogen and oxygen atoms in total. The summed E-state index contributed by atoms with van der Waals surface area (Å²) in [5.74, 6) is -3.69. The fourth-order valence-corrected chi connectivity index (χ4v) is 1.26. The molecule has 0 aliphatic carbocycles. The maximum atomic E-state index is 13.1. The van der Waals surface area contributed by atoms with Crippen LogP contribution >= 0.6 is 0 Å². The fourth-order valence-electron chi connectivity index (χ4n) is 1.26. The van der Waals surface area contributed by atoms with Gasteiger partial charge in [-0.1, -0.05) is 18.2 Å². The Bertz CT molecular complexity index is 355. The summed E-state index contributed by atoms with van der Waals surface area (Å²) < 4.78 is 26.1. The van der Waals surface area contributed by atoms with Gasteiger partial charge in [-0.2, -0.15) is 0 Å². The van der Waals surface area contributed by atoms with Crippen LogP contribution in [-0.2, 0) is 0 Å². The number of hydrogen-bond acceptors (Lipinski definition) is 3. The smallest absolute Gasteiger partial charge is 0.289 e. The third-order valence-electron chi connectivity index (χ3n) is 2.27. The van der Waals surface area contributed by atoms with E-state index >= 15 is 0 Å². The van der Waals surface area contributed by atoms with Crippen LogP contribution in [0.5, 0.6) is 5.75 Å². The van der Waals surface area contributed by atoms with Gasteiger partial charge in [-0.15, -0.1) is 0 Å². The highest BCUT2D eigenvalue weighted by Gasteiger charge is 2.38. The van der Waals surface area contributed by atoms with Crippen molar-refractivity contribution in [2.75, 3.05) is 6.61 Å². The second-order valence-corrected chi connectivity index (χ2v) is 3.41. The van der Waals surface area contributed by atoms with Gasteiger partial charge in [0, 0.05) is 5.56 Å². The molecular formula is C10H13F2NO2. The van der Waals surface area contributed by atoms with Crippen molar-refractivity contribution < 1.29 is 19.0 Å². The first-order chi connectivity index (χ1) is 6.90. The molecule has 84 valence electrons. The number of phenolic OH excluding ortho intramolecular Hbond substituents is 1. The van der Waals surface area contributed by atoms with Crippen molar-refractivity contribution in [2.24, 2.45) is 5.73 Å². The molecule has 0 unspecified atom stereocenters. The maximum Gasteiger partial charge on any atom is 0.289 e. The predicted octanol–water partition coefficient (Wildman–Crippen LogP) is 1.33. The summed E-state index contributed by atoms with van der Waals surface area (Å²) in [5.41, 5.74) is 5.69. The van der Waals surface area contributed by atoms with Crippen molar-refractivity contribution in [3.05, 3.63) is 29.3 Å². The van der Waals surface area contributed by atoms with Crippen molar-refractivity contribution in [1.82, 2.24) is 0 Å². The van der Waals surface area contributed by atoms with Gasteiger partial charge >= 0.3 is 0 Å². The molecule has 1 aromatic carbocycles. The molecule has 1 rings (SSSR count). The number of aliphatic hydroxyl groups is 1. The summed E-state index contributed by atoms with van der Waals surface area (Å²) in [4.78, 5) is 0. The van der Waals surface area contributed by atoms with E-state index in [-0.39, 0.29) is 11.3 Å². The summed E-state index contributed by atoms with van der Waals surface area (Å²) in [6.07, 6.45) is 0. The molecule has 0 aliphatic rings. The molecule has 5 heteroatoms. The average molecular weight is 217 g/mol. The highest BCUT2D eigenvalue weighted by molar-refractivity contribution is 5.42.